The summed E-state index contributed by atoms with van der Waals surface area (Å²) in [6.07, 6.45) is 0. The molecule has 1 aromatic carbocycles. The van der Waals surface area contributed by atoms with Gasteiger partial charge in [-0.05, 0) is 12.1 Å². The van der Waals surface area contributed by atoms with Gasteiger partial charge in [0.1, 0.15) is 5.75 Å². The lowest BCUT2D eigenvalue weighted by Crippen LogP contribution is -2.17. The normalized spacial score (nSPS) is 9.36. The van der Waals surface area contributed by atoms with Crippen molar-refractivity contribution in [3.05, 3.63) is 23.8 Å². The summed E-state index contributed by atoms with van der Waals surface area (Å²) in [5.74, 6) is 0.530. The number of rotatable bonds is 3. The zero-order valence-corrected chi connectivity index (χ0v) is 10.1. The number of halogens is 1. The largest absolute Gasteiger partial charge is 0.497 e. The Balaban J connectivity index is 3.10. The lowest BCUT2D eigenvalue weighted by molar-refractivity contribution is 0.0963. The molecule has 0 aromatic heterocycles. The predicted molar refractivity (Wildman–Crippen MR) is 64.0 cm³/mol. The van der Waals surface area contributed by atoms with Crippen molar-refractivity contribution in [1.29, 1.82) is 0 Å². The number of carbonyl (C=O) groups is 1. The zero-order chi connectivity index (χ0) is 10.6. The number of hydrogen-bond acceptors (Lipinski definition) is 3. The number of nitrogens with one attached hydrogen (secondary N) is 2. The molecule has 5 heteroatoms. The third-order valence-electron chi connectivity index (χ3n) is 1.74. The Morgan fingerprint density at radius 1 is 1.43 bits per heavy atom. The van der Waals surface area contributed by atoms with Crippen molar-refractivity contribution >= 4 is 34.5 Å². The molecule has 0 fully saturated rings. The van der Waals surface area contributed by atoms with Gasteiger partial charge in [-0.1, -0.05) is 0 Å². The Kier molecular flexibility index (Phi) is 3.99. The van der Waals surface area contributed by atoms with E-state index in [4.69, 9.17) is 4.74 Å². The molecule has 0 saturated carbocycles. The van der Waals surface area contributed by atoms with Gasteiger partial charge in [0.05, 0.1) is 30.0 Å². The second-order valence-electron chi connectivity index (χ2n) is 2.62. The number of anilines is 1. The highest BCUT2D eigenvalue weighted by Gasteiger charge is 2.06. The van der Waals surface area contributed by atoms with E-state index in [2.05, 4.69) is 8.85 Å². The fraction of sp³-hybridized carbons (Fsp3) is 0.222. The van der Waals surface area contributed by atoms with E-state index in [1.54, 1.807) is 26.3 Å². The summed E-state index contributed by atoms with van der Waals surface area (Å²) in [6.45, 7) is 0. The van der Waals surface area contributed by atoms with E-state index in [-0.39, 0.29) is 5.91 Å². The fourth-order valence-corrected chi connectivity index (χ4v) is 1.36. The predicted octanol–water partition coefficient (Wildman–Crippen LogP) is 1.82. The minimum absolute atomic E-state index is 0.128. The van der Waals surface area contributed by atoms with Gasteiger partial charge < -0.3 is 13.6 Å². The quantitative estimate of drug-likeness (QED) is 0.661. The molecule has 0 atom stereocenters. The van der Waals surface area contributed by atoms with E-state index in [1.807, 2.05) is 28.9 Å². The number of carbonyl (C=O) groups excluding carboxylic acids is 1. The zero-order valence-electron chi connectivity index (χ0n) is 7.93. The molecule has 2 N–H and O–H groups in total. The van der Waals surface area contributed by atoms with Gasteiger partial charge in [-0.3, -0.25) is 4.79 Å². The third-order valence-corrected chi connectivity index (χ3v) is 2.36. The molecule has 0 aliphatic carbocycles. The van der Waals surface area contributed by atoms with Crippen LogP contribution in [0.3, 0.4) is 0 Å². The number of amides is 1. The molecule has 1 amide bonds. The van der Waals surface area contributed by atoms with Crippen molar-refractivity contribution in [3.63, 3.8) is 0 Å². The number of benzene rings is 1. The highest BCUT2D eigenvalue weighted by Crippen LogP contribution is 2.21. The minimum atomic E-state index is -0.128. The van der Waals surface area contributed by atoms with Crippen LogP contribution in [-0.2, 0) is 0 Å². The van der Waals surface area contributed by atoms with Gasteiger partial charge in [-0.2, -0.15) is 0 Å². The van der Waals surface area contributed by atoms with Crippen LogP contribution in [0, 0.1) is 0 Å². The van der Waals surface area contributed by atoms with Gasteiger partial charge in [0.2, 0.25) is 0 Å². The molecule has 1 rings (SSSR count). The number of hydrogen-bond donors (Lipinski definition) is 2. The molecule has 0 saturated heterocycles. The molecule has 0 spiro atoms. The molecule has 0 aliphatic heterocycles. The first-order valence-electron chi connectivity index (χ1n) is 3.99. The van der Waals surface area contributed by atoms with Crippen LogP contribution in [0.2, 0.25) is 0 Å². The van der Waals surface area contributed by atoms with Gasteiger partial charge in [-0.15, -0.1) is 0 Å². The van der Waals surface area contributed by atoms with Crippen molar-refractivity contribution in [2.45, 2.75) is 0 Å². The van der Waals surface area contributed by atoms with Crippen LogP contribution >= 0.6 is 22.9 Å². The highest BCUT2D eigenvalue weighted by atomic mass is 127. The van der Waals surface area contributed by atoms with E-state index in [9.17, 15) is 4.79 Å². The van der Waals surface area contributed by atoms with Gasteiger partial charge in [-0.25, -0.2) is 0 Å². The van der Waals surface area contributed by atoms with Crippen molar-refractivity contribution < 1.29 is 9.53 Å². The SMILES string of the molecule is CNC(=O)c1cc(NI)cc(OC)c1. The molecule has 4 nitrogen and oxygen atoms in total. The van der Waals surface area contributed by atoms with Crippen LogP contribution < -0.4 is 13.6 Å². The molecule has 14 heavy (non-hydrogen) atoms. The van der Waals surface area contributed by atoms with Crippen LogP contribution in [0.15, 0.2) is 18.2 Å². The molecule has 76 valence electrons. The highest BCUT2D eigenvalue weighted by molar-refractivity contribution is 14.1. The van der Waals surface area contributed by atoms with E-state index >= 15 is 0 Å². The van der Waals surface area contributed by atoms with Gasteiger partial charge in [0.25, 0.3) is 5.91 Å². The third kappa shape index (κ3) is 2.50. The van der Waals surface area contributed by atoms with Crippen LogP contribution in [-0.4, -0.2) is 20.1 Å². The average molecular weight is 306 g/mol. The van der Waals surface area contributed by atoms with Crippen LogP contribution in [0.25, 0.3) is 0 Å². The summed E-state index contributed by atoms with van der Waals surface area (Å²) in [7, 11) is 3.17. The Labute approximate surface area is 96.5 Å². The van der Waals surface area contributed by atoms with E-state index in [0.29, 0.717) is 11.3 Å². The Bertz CT molecular complexity index is 319. The van der Waals surface area contributed by atoms with E-state index in [1.165, 1.54) is 0 Å². The summed E-state index contributed by atoms with van der Waals surface area (Å²) in [4.78, 5) is 11.4. The number of methoxy groups -OCH3 is 1. The summed E-state index contributed by atoms with van der Waals surface area (Å²) in [5.41, 5.74) is 1.41. The van der Waals surface area contributed by atoms with E-state index in [0.717, 1.165) is 5.69 Å². The fourth-order valence-electron chi connectivity index (χ4n) is 1.05. The first kappa shape index (κ1) is 11.1. The molecule has 1 aromatic rings. The standard InChI is InChI=1S/C9H11IN2O2/c1-11-9(13)6-3-7(12-10)5-8(4-6)14-2/h3-5,12H,1-2H3,(H,11,13). The second kappa shape index (κ2) is 5.04. The minimum Gasteiger partial charge on any atom is -0.497 e. The molecule has 0 heterocycles. The molecular formula is C9H11IN2O2. The summed E-state index contributed by atoms with van der Waals surface area (Å²) in [5, 5.41) is 2.56. The molecule has 0 unspecified atom stereocenters. The number of ether oxygens (including phenoxy) is 1. The summed E-state index contributed by atoms with van der Waals surface area (Å²) >= 11 is 2.00. The maximum atomic E-state index is 11.4. The lowest BCUT2D eigenvalue weighted by Gasteiger charge is -2.06. The Morgan fingerprint density at radius 2 is 2.14 bits per heavy atom. The van der Waals surface area contributed by atoms with Gasteiger partial charge >= 0.3 is 0 Å². The van der Waals surface area contributed by atoms with Crippen molar-refractivity contribution in [3.8, 4) is 5.75 Å². The molecule has 0 radical (unpaired) electrons. The van der Waals surface area contributed by atoms with Crippen molar-refractivity contribution in [2.24, 2.45) is 0 Å². The second-order valence-corrected chi connectivity index (χ2v) is 3.16. The van der Waals surface area contributed by atoms with Crippen molar-refractivity contribution in [2.75, 3.05) is 17.7 Å². The summed E-state index contributed by atoms with van der Waals surface area (Å²) in [6, 6.07) is 5.27. The van der Waals surface area contributed by atoms with Gasteiger partial charge in [0, 0.05) is 24.4 Å². The monoisotopic (exact) mass is 306 g/mol. The lowest BCUT2D eigenvalue weighted by atomic mass is 10.2. The van der Waals surface area contributed by atoms with Crippen molar-refractivity contribution in [1.82, 2.24) is 5.32 Å². The van der Waals surface area contributed by atoms with Crippen LogP contribution in [0.1, 0.15) is 10.4 Å². The Morgan fingerprint density at radius 3 is 2.64 bits per heavy atom. The average Bonchev–Trinajstić information content (AvgIpc) is 2.27. The topological polar surface area (TPSA) is 50.4 Å². The van der Waals surface area contributed by atoms with Crippen LogP contribution in [0.4, 0.5) is 5.69 Å². The maximum Gasteiger partial charge on any atom is 0.251 e. The van der Waals surface area contributed by atoms with E-state index < -0.39 is 0 Å². The first-order chi connectivity index (χ1) is 6.71. The van der Waals surface area contributed by atoms with Gasteiger partial charge in [0.15, 0.2) is 0 Å². The molecular weight excluding hydrogens is 295 g/mol. The first-order valence-corrected chi connectivity index (χ1v) is 5.07. The summed E-state index contributed by atoms with van der Waals surface area (Å²) < 4.78 is 8.00. The maximum absolute atomic E-state index is 11.4. The molecule has 0 bridgehead atoms. The molecule has 0 aliphatic rings. The Hall–Kier alpha value is -0.980. The smallest absolute Gasteiger partial charge is 0.251 e. The van der Waals surface area contributed by atoms with Crippen LogP contribution in [0.5, 0.6) is 5.75 Å².